The largest absolute Gasteiger partial charge is 0.405 e. The van der Waals surface area contributed by atoms with Gasteiger partial charge in [-0.1, -0.05) is 6.92 Å². The lowest BCUT2D eigenvalue weighted by atomic mass is 10.2. The van der Waals surface area contributed by atoms with E-state index in [1.54, 1.807) is 16.9 Å². The molecule has 2 N–H and O–H groups in total. The first-order valence-corrected chi connectivity index (χ1v) is 5.74. The zero-order valence-electron chi connectivity index (χ0n) is 9.04. The van der Waals surface area contributed by atoms with Gasteiger partial charge < -0.3 is 10.6 Å². The van der Waals surface area contributed by atoms with Gasteiger partial charge in [0.2, 0.25) is 0 Å². The summed E-state index contributed by atoms with van der Waals surface area (Å²) in [5, 5.41) is 6.73. The minimum absolute atomic E-state index is 0.0216. The highest BCUT2D eigenvalue weighted by Crippen LogP contribution is 2.16. The van der Waals surface area contributed by atoms with E-state index >= 15 is 0 Å². The molecule has 4 nitrogen and oxygen atoms in total. The summed E-state index contributed by atoms with van der Waals surface area (Å²) in [6.45, 7) is 0.755. The van der Waals surface area contributed by atoms with Crippen LogP contribution < -0.4 is 10.6 Å². The van der Waals surface area contributed by atoms with Crippen molar-refractivity contribution < 1.29 is 18.0 Å². The minimum atomic E-state index is -4.39. The van der Waals surface area contributed by atoms with E-state index in [2.05, 4.69) is 10.3 Å². The summed E-state index contributed by atoms with van der Waals surface area (Å²) in [6, 6.07) is -0.828. The fourth-order valence-electron chi connectivity index (χ4n) is 1.05. The smallest absolute Gasteiger partial charge is 0.337 e. The molecule has 1 unspecified atom stereocenters. The molecule has 0 bridgehead atoms. The maximum absolute atomic E-state index is 11.8. The van der Waals surface area contributed by atoms with Gasteiger partial charge in [0.15, 0.2) is 0 Å². The van der Waals surface area contributed by atoms with E-state index in [4.69, 9.17) is 0 Å². The minimum Gasteiger partial charge on any atom is -0.337 e. The molecular weight excluding hydrogens is 255 g/mol. The van der Waals surface area contributed by atoms with Gasteiger partial charge in [0.05, 0.1) is 5.01 Å². The number of urea groups is 1. The molecule has 0 saturated carbocycles. The number of aromatic nitrogens is 1. The Morgan fingerprint density at radius 2 is 2.24 bits per heavy atom. The Labute approximate surface area is 100 Å². The highest BCUT2D eigenvalue weighted by atomic mass is 32.1. The standard InChI is InChI=1S/C9H12F3N3OS/c1-6(7-13-2-3-17-7)4-14-8(16)15-5-9(10,11)12/h2-3,6H,4-5H2,1H3,(H2,14,15,16). The number of thiazole rings is 1. The van der Waals surface area contributed by atoms with Crippen molar-refractivity contribution in [2.75, 3.05) is 13.1 Å². The van der Waals surface area contributed by atoms with Crippen LogP contribution in [0.4, 0.5) is 18.0 Å². The molecule has 0 fully saturated rings. The Morgan fingerprint density at radius 1 is 1.53 bits per heavy atom. The fourth-order valence-corrected chi connectivity index (χ4v) is 1.75. The van der Waals surface area contributed by atoms with E-state index < -0.39 is 18.8 Å². The normalized spacial score (nSPS) is 13.2. The molecule has 17 heavy (non-hydrogen) atoms. The average Bonchev–Trinajstić information content (AvgIpc) is 2.75. The predicted octanol–water partition coefficient (Wildman–Crippen LogP) is 2.11. The molecule has 1 atom stereocenters. The number of alkyl halides is 3. The number of halogens is 3. The van der Waals surface area contributed by atoms with Crippen LogP contribution in [0.3, 0.4) is 0 Å². The third-order valence-electron chi connectivity index (χ3n) is 1.89. The van der Waals surface area contributed by atoms with Crippen LogP contribution in [0.2, 0.25) is 0 Å². The van der Waals surface area contributed by atoms with Gasteiger partial charge in [0.1, 0.15) is 6.54 Å². The highest BCUT2D eigenvalue weighted by Gasteiger charge is 2.27. The molecule has 96 valence electrons. The Kier molecular flexibility index (Phi) is 4.73. The van der Waals surface area contributed by atoms with Gasteiger partial charge in [-0.25, -0.2) is 9.78 Å². The van der Waals surface area contributed by atoms with E-state index in [-0.39, 0.29) is 12.5 Å². The maximum atomic E-state index is 11.8. The number of nitrogens with zero attached hydrogens (tertiary/aromatic N) is 1. The van der Waals surface area contributed by atoms with Crippen molar-refractivity contribution >= 4 is 17.4 Å². The summed E-state index contributed by atoms with van der Waals surface area (Å²) < 4.78 is 35.4. The van der Waals surface area contributed by atoms with Crippen LogP contribution in [0.1, 0.15) is 17.8 Å². The summed E-state index contributed by atoms with van der Waals surface area (Å²) in [5.41, 5.74) is 0. The first kappa shape index (κ1) is 13.8. The van der Waals surface area contributed by atoms with Crippen LogP contribution in [0, 0.1) is 0 Å². The molecule has 2 amide bonds. The van der Waals surface area contributed by atoms with Crippen molar-refractivity contribution in [2.45, 2.75) is 19.0 Å². The van der Waals surface area contributed by atoms with Gasteiger partial charge in [-0.15, -0.1) is 11.3 Å². The van der Waals surface area contributed by atoms with Gasteiger partial charge in [-0.2, -0.15) is 13.2 Å². The van der Waals surface area contributed by atoms with Gasteiger partial charge >= 0.3 is 12.2 Å². The molecule has 0 radical (unpaired) electrons. The van der Waals surface area contributed by atoms with Crippen molar-refractivity contribution in [3.05, 3.63) is 16.6 Å². The van der Waals surface area contributed by atoms with Crippen molar-refractivity contribution in [1.29, 1.82) is 0 Å². The Bertz CT molecular complexity index is 353. The lowest BCUT2D eigenvalue weighted by Gasteiger charge is -2.12. The molecule has 1 aromatic heterocycles. The first-order chi connectivity index (χ1) is 7.88. The van der Waals surface area contributed by atoms with Crippen LogP contribution in [0.25, 0.3) is 0 Å². The van der Waals surface area contributed by atoms with Gasteiger partial charge in [-0.05, 0) is 0 Å². The summed E-state index contributed by atoms with van der Waals surface area (Å²) in [4.78, 5) is 15.1. The third-order valence-corrected chi connectivity index (χ3v) is 2.90. The molecule has 0 aliphatic rings. The lowest BCUT2D eigenvalue weighted by molar-refractivity contribution is -0.122. The average molecular weight is 267 g/mol. The monoisotopic (exact) mass is 267 g/mol. The van der Waals surface area contributed by atoms with Crippen molar-refractivity contribution in [3.63, 3.8) is 0 Å². The molecule has 0 saturated heterocycles. The SMILES string of the molecule is CC(CNC(=O)NCC(F)(F)F)c1nccs1. The number of hydrogen-bond acceptors (Lipinski definition) is 3. The first-order valence-electron chi connectivity index (χ1n) is 4.86. The lowest BCUT2D eigenvalue weighted by Crippen LogP contribution is -2.41. The maximum Gasteiger partial charge on any atom is 0.405 e. The van der Waals surface area contributed by atoms with Gasteiger partial charge in [0, 0.05) is 24.0 Å². The number of carbonyl (C=O) groups excluding carboxylic acids is 1. The van der Waals surface area contributed by atoms with Crippen molar-refractivity contribution in [1.82, 2.24) is 15.6 Å². The third kappa shape index (κ3) is 5.53. The van der Waals surface area contributed by atoms with Crippen LogP contribution in [0.5, 0.6) is 0 Å². The van der Waals surface area contributed by atoms with Gasteiger partial charge in [0.25, 0.3) is 0 Å². The number of amides is 2. The molecule has 0 aromatic carbocycles. The van der Waals surface area contributed by atoms with Crippen LogP contribution >= 0.6 is 11.3 Å². The summed E-state index contributed by atoms with van der Waals surface area (Å²) >= 11 is 1.44. The second kappa shape index (κ2) is 5.85. The van der Waals surface area contributed by atoms with Crippen LogP contribution in [-0.2, 0) is 0 Å². The number of carbonyl (C=O) groups is 1. The molecule has 0 spiro atoms. The molecule has 0 aliphatic heterocycles. The van der Waals surface area contributed by atoms with Crippen molar-refractivity contribution in [2.24, 2.45) is 0 Å². The highest BCUT2D eigenvalue weighted by molar-refractivity contribution is 7.09. The fraction of sp³-hybridized carbons (Fsp3) is 0.556. The molecule has 1 rings (SSSR count). The quantitative estimate of drug-likeness (QED) is 0.877. The number of hydrogen-bond donors (Lipinski definition) is 2. The molecule has 1 heterocycles. The Morgan fingerprint density at radius 3 is 2.76 bits per heavy atom. The van der Waals surface area contributed by atoms with E-state index in [1.165, 1.54) is 11.3 Å². The number of nitrogens with one attached hydrogen (secondary N) is 2. The van der Waals surface area contributed by atoms with E-state index in [1.807, 2.05) is 6.92 Å². The molecule has 8 heteroatoms. The summed E-state index contributed by atoms with van der Waals surface area (Å²) in [6.07, 6.45) is -2.75. The zero-order chi connectivity index (χ0) is 12.9. The second-order valence-electron chi connectivity index (χ2n) is 3.45. The summed E-state index contributed by atoms with van der Waals surface area (Å²) in [5.74, 6) is -0.0216. The second-order valence-corrected chi connectivity index (χ2v) is 4.38. The molecule has 0 aliphatic carbocycles. The van der Waals surface area contributed by atoms with Gasteiger partial charge in [-0.3, -0.25) is 0 Å². The van der Waals surface area contributed by atoms with Crippen LogP contribution in [0.15, 0.2) is 11.6 Å². The predicted molar refractivity (Wildman–Crippen MR) is 58.0 cm³/mol. The Hall–Kier alpha value is -1.31. The van der Waals surface area contributed by atoms with Crippen molar-refractivity contribution in [3.8, 4) is 0 Å². The van der Waals surface area contributed by atoms with Crippen LogP contribution in [-0.4, -0.2) is 30.3 Å². The topological polar surface area (TPSA) is 54.0 Å². The summed E-state index contributed by atoms with van der Waals surface area (Å²) in [7, 11) is 0. The van der Waals surface area contributed by atoms with E-state index in [9.17, 15) is 18.0 Å². The Balaban J connectivity index is 2.24. The molecule has 1 aromatic rings. The van der Waals surface area contributed by atoms with E-state index in [0.29, 0.717) is 0 Å². The molecular formula is C9H12F3N3OS. The van der Waals surface area contributed by atoms with E-state index in [0.717, 1.165) is 5.01 Å². The number of rotatable bonds is 4. The zero-order valence-corrected chi connectivity index (χ0v) is 9.86.